The Morgan fingerprint density at radius 1 is 1.17 bits per heavy atom. The first-order chi connectivity index (χ1) is 13.7. The van der Waals surface area contributed by atoms with Gasteiger partial charge in [-0.15, -0.1) is 24.8 Å². The van der Waals surface area contributed by atoms with Crippen LogP contribution in [0, 0.1) is 11.8 Å². The topological polar surface area (TPSA) is 96.7 Å². The van der Waals surface area contributed by atoms with Gasteiger partial charge in [0.1, 0.15) is 0 Å². The summed E-state index contributed by atoms with van der Waals surface area (Å²) < 4.78 is 5.32. The molecule has 0 aromatic heterocycles. The molecule has 1 aliphatic carbocycles. The summed E-state index contributed by atoms with van der Waals surface area (Å²) in [5.41, 5.74) is 7.52. The van der Waals surface area contributed by atoms with Crippen LogP contribution in [0.3, 0.4) is 0 Å². The van der Waals surface area contributed by atoms with Gasteiger partial charge in [0.25, 0.3) is 0 Å². The highest BCUT2D eigenvalue weighted by atomic mass is 35.5. The number of nitrogens with two attached hydrogens (primary N) is 1. The third-order valence-corrected chi connectivity index (χ3v) is 5.73. The van der Waals surface area contributed by atoms with E-state index in [9.17, 15) is 9.59 Å². The Hall–Kier alpha value is -1.38. The molecule has 1 aromatic carbocycles. The summed E-state index contributed by atoms with van der Waals surface area (Å²) in [5, 5.41) is 5.98. The van der Waals surface area contributed by atoms with Crippen LogP contribution in [-0.2, 0) is 20.9 Å². The van der Waals surface area contributed by atoms with E-state index in [4.69, 9.17) is 10.5 Å². The SMILES string of the molecule is Cl.Cl.NC[C@H]1CCC[C@H]1C(=O)NCc1cccc(NC(=O)CCN2CCOCC2)c1. The molecule has 9 heteroatoms. The fourth-order valence-electron chi connectivity index (χ4n) is 4.05. The molecule has 1 aliphatic heterocycles. The van der Waals surface area contributed by atoms with E-state index in [0.29, 0.717) is 25.4 Å². The van der Waals surface area contributed by atoms with Gasteiger partial charge in [0, 0.05) is 44.2 Å². The number of nitrogens with zero attached hydrogens (tertiary/aromatic N) is 1. The number of nitrogens with one attached hydrogen (secondary N) is 2. The monoisotopic (exact) mass is 460 g/mol. The Morgan fingerprint density at radius 2 is 1.93 bits per heavy atom. The van der Waals surface area contributed by atoms with Gasteiger partial charge in [-0.05, 0) is 43.0 Å². The van der Waals surface area contributed by atoms with Crippen LogP contribution in [0.2, 0.25) is 0 Å². The lowest BCUT2D eigenvalue weighted by molar-refractivity contribution is -0.126. The van der Waals surface area contributed by atoms with Crippen molar-refractivity contribution in [3.63, 3.8) is 0 Å². The molecule has 0 spiro atoms. The van der Waals surface area contributed by atoms with Crippen molar-refractivity contribution in [1.29, 1.82) is 0 Å². The molecule has 0 unspecified atom stereocenters. The summed E-state index contributed by atoms with van der Waals surface area (Å²) in [6, 6.07) is 7.65. The zero-order valence-electron chi connectivity index (χ0n) is 17.3. The highest BCUT2D eigenvalue weighted by Gasteiger charge is 2.31. The molecular weight excluding hydrogens is 427 g/mol. The lowest BCUT2D eigenvalue weighted by Crippen LogP contribution is -2.38. The average Bonchev–Trinajstić information content (AvgIpc) is 3.20. The molecule has 170 valence electrons. The highest BCUT2D eigenvalue weighted by Crippen LogP contribution is 2.31. The number of hydrogen-bond acceptors (Lipinski definition) is 5. The molecule has 2 amide bonds. The minimum Gasteiger partial charge on any atom is -0.379 e. The number of rotatable bonds is 8. The van der Waals surface area contributed by atoms with E-state index in [1.54, 1.807) is 0 Å². The molecule has 0 bridgehead atoms. The van der Waals surface area contributed by atoms with Crippen molar-refractivity contribution in [3.8, 4) is 0 Å². The minimum absolute atomic E-state index is 0. The van der Waals surface area contributed by atoms with E-state index in [1.807, 2.05) is 24.3 Å². The lowest BCUT2D eigenvalue weighted by atomic mass is 9.95. The van der Waals surface area contributed by atoms with E-state index in [1.165, 1.54) is 0 Å². The van der Waals surface area contributed by atoms with Gasteiger partial charge in [-0.1, -0.05) is 18.6 Å². The smallest absolute Gasteiger partial charge is 0.225 e. The van der Waals surface area contributed by atoms with Crippen molar-refractivity contribution in [2.24, 2.45) is 17.6 Å². The number of hydrogen-bond donors (Lipinski definition) is 3. The summed E-state index contributed by atoms with van der Waals surface area (Å²) in [6.07, 6.45) is 3.50. The van der Waals surface area contributed by atoms with Crippen molar-refractivity contribution >= 4 is 42.3 Å². The Bertz CT molecular complexity index is 671. The second-order valence-corrected chi connectivity index (χ2v) is 7.70. The second kappa shape index (κ2) is 13.8. The first kappa shape index (κ1) is 26.7. The van der Waals surface area contributed by atoms with Crippen molar-refractivity contribution < 1.29 is 14.3 Å². The van der Waals surface area contributed by atoms with Gasteiger partial charge in [0.2, 0.25) is 11.8 Å². The molecule has 1 aromatic rings. The number of carbonyl (C=O) groups excluding carboxylic acids is 2. The van der Waals surface area contributed by atoms with Crippen LogP contribution in [0.1, 0.15) is 31.2 Å². The maximum Gasteiger partial charge on any atom is 0.225 e. The summed E-state index contributed by atoms with van der Waals surface area (Å²) in [6.45, 7) is 5.02. The number of amides is 2. The van der Waals surface area contributed by atoms with Gasteiger partial charge in [0.15, 0.2) is 0 Å². The third kappa shape index (κ3) is 8.04. The Kier molecular flexibility index (Phi) is 12.3. The van der Waals surface area contributed by atoms with E-state index in [0.717, 1.165) is 63.4 Å². The van der Waals surface area contributed by atoms with Gasteiger partial charge >= 0.3 is 0 Å². The molecular formula is C21H34Cl2N4O3. The normalized spacial score (nSPS) is 21.2. The molecule has 1 saturated carbocycles. The molecule has 2 fully saturated rings. The largest absolute Gasteiger partial charge is 0.379 e. The minimum atomic E-state index is 0. The summed E-state index contributed by atoms with van der Waals surface area (Å²) >= 11 is 0. The third-order valence-electron chi connectivity index (χ3n) is 5.73. The van der Waals surface area contributed by atoms with Crippen LogP contribution in [0.25, 0.3) is 0 Å². The standard InChI is InChI=1S/C21H32N4O3.2ClH/c22-14-17-4-2-6-19(17)21(27)23-15-16-3-1-5-18(13-16)24-20(26)7-8-25-9-11-28-12-10-25;;/h1,3,5,13,17,19H,2,4,6-12,14-15,22H2,(H,23,27)(H,24,26);2*1H/t17-,19-;;/m1../s1. The van der Waals surface area contributed by atoms with Crippen LogP contribution in [-0.4, -0.2) is 56.1 Å². The number of carbonyl (C=O) groups is 2. The predicted molar refractivity (Wildman–Crippen MR) is 123 cm³/mol. The van der Waals surface area contributed by atoms with E-state index in [-0.39, 0.29) is 42.5 Å². The van der Waals surface area contributed by atoms with Crippen LogP contribution in [0.5, 0.6) is 0 Å². The van der Waals surface area contributed by atoms with Crippen molar-refractivity contribution in [2.75, 3.05) is 44.7 Å². The molecule has 4 N–H and O–H groups in total. The maximum atomic E-state index is 12.4. The van der Waals surface area contributed by atoms with Gasteiger partial charge in [-0.25, -0.2) is 0 Å². The lowest BCUT2D eigenvalue weighted by Gasteiger charge is -2.26. The second-order valence-electron chi connectivity index (χ2n) is 7.70. The fraction of sp³-hybridized carbons (Fsp3) is 0.619. The van der Waals surface area contributed by atoms with E-state index in [2.05, 4.69) is 15.5 Å². The molecule has 2 atom stereocenters. The highest BCUT2D eigenvalue weighted by molar-refractivity contribution is 5.90. The van der Waals surface area contributed by atoms with Gasteiger partial charge in [-0.3, -0.25) is 14.5 Å². The first-order valence-corrected chi connectivity index (χ1v) is 10.3. The van der Waals surface area contributed by atoms with Gasteiger partial charge < -0.3 is 21.1 Å². The number of benzene rings is 1. The molecule has 1 heterocycles. The van der Waals surface area contributed by atoms with Crippen molar-refractivity contribution in [3.05, 3.63) is 29.8 Å². The maximum absolute atomic E-state index is 12.4. The summed E-state index contributed by atoms with van der Waals surface area (Å²) in [5.74, 6) is 0.433. The summed E-state index contributed by atoms with van der Waals surface area (Å²) in [4.78, 5) is 26.9. The van der Waals surface area contributed by atoms with Crippen molar-refractivity contribution in [1.82, 2.24) is 10.2 Å². The van der Waals surface area contributed by atoms with Crippen LogP contribution in [0.15, 0.2) is 24.3 Å². The Balaban J connectivity index is 0.00000225. The Labute approximate surface area is 191 Å². The Morgan fingerprint density at radius 3 is 2.67 bits per heavy atom. The fourth-order valence-corrected chi connectivity index (χ4v) is 4.05. The molecule has 30 heavy (non-hydrogen) atoms. The average molecular weight is 461 g/mol. The number of anilines is 1. The molecule has 1 saturated heterocycles. The predicted octanol–water partition coefficient (Wildman–Crippen LogP) is 2.18. The number of ether oxygens (including phenoxy) is 1. The molecule has 0 radical (unpaired) electrons. The van der Waals surface area contributed by atoms with E-state index >= 15 is 0 Å². The van der Waals surface area contributed by atoms with Crippen LogP contribution >= 0.6 is 24.8 Å². The van der Waals surface area contributed by atoms with E-state index < -0.39 is 0 Å². The first-order valence-electron chi connectivity index (χ1n) is 10.3. The molecule has 7 nitrogen and oxygen atoms in total. The molecule has 3 rings (SSSR count). The quantitative estimate of drug-likeness (QED) is 0.552. The van der Waals surface area contributed by atoms with Crippen LogP contribution < -0.4 is 16.4 Å². The van der Waals surface area contributed by atoms with Gasteiger partial charge in [0.05, 0.1) is 13.2 Å². The van der Waals surface area contributed by atoms with Crippen LogP contribution in [0.4, 0.5) is 5.69 Å². The number of halogens is 2. The number of morpholine rings is 1. The van der Waals surface area contributed by atoms with Crippen molar-refractivity contribution in [2.45, 2.75) is 32.2 Å². The summed E-state index contributed by atoms with van der Waals surface area (Å²) in [7, 11) is 0. The molecule has 2 aliphatic rings. The zero-order chi connectivity index (χ0) is 19.8. The zero-order valence-corrected chi connectivity index (χ0v) is 18.9. The van der Waals surface area contributed by atoms with Gasteiger partial charge in [-0.2, -0.15) is 0 Å².